The summed E-state index contributed by atoms with van der Waals surface area (Å²) in [6.45, 7) is 6.82. The Labute approximate surface area is 212 Å². The molecule has 34 heavy (non-hydrogen) atoms. The summed E-state index contributed by atoms with van der Waals surface area (Å²) in [4.78, 5) is 27.8. The first-order chi connectivity index (χ1) is 15.8. The number of sulfonamides is 1. The average Bonchev–Trinajstić information content (AvgIpc) is 2.77. The van der Waals surface area contributed by atoms with Gasteiger partial charge in [-0.3, -0.25) is 13.9 Å². The predicted molar refractivity (Wildman–Crippen MR) is 138 cm³/mol. The van der Waals surface area contributed by atoms with Gasteiger partial charge in [-0.25, -0.2) is 8.42 Å². The van der Waals surface area contributed by atoms with E-state index >= 15 is 0 Å². The zero-order valence-electron chi connectivity index (χ0n) is 20.0. The van der Waals surface area contributed by atoms with Crippen molar-refractivity contribution in [3.8, 4) is 0 Å². The minimum Gasteiger partial charge on any atom is -0.352 e. The number of aryl methyl sites for hydroxylation is 1. The van der Waals surface area contributed by atoms with Crippen molar-refractivity contribution in [2.24, 2.45) is 0 Å². The summed E-state index contributed by atoms with van der Waals surface area (Å²) in [6.07, 6.45) is 1.77. The Balaban J connectivity index is 2.42. The van der Waals surface area contributed by atoms with Gasteiger partial charge in [-0.2, -0.15) is 0 Å². The molecule has 0 radical (unpaired) electrons. The molecule has 1 N–H and O–H groups in total. The fourth-order valence-electron chi connectivity index (χ4n) is 3.28. The molecule has 0 saturated carbocycles. The molecule has 2 aromatic rings. The highest BCUT2D eigenvalue weighted by Crippen LogP contribution is 2.27. The number of hydrogen-bond acceptors (Lipinski definition) is 4. The van der Waals surface area contributed by atoms with Crippen molar-refractivity contribution in [1.82, 2.24) is 10.2 Å². The van der Waals surface area contributed by atoms with Crippen LogP contribution in [0.5, 0.6) is 0 Å². The van der Waals surface area contributed by atoms with Crippen molar-refractivity contribution in [2.75, 3.05) is 17.1 Å². The molecule has 0 saturated heterocycles. The van der Waals surface area contributed by atoms with Crippen LogP contribution in [0.3, 0.4) is 0 Å². The van der Waals surface area contributed by atoms with Crippen LogP contribution < -0.4 is 9.62 Å². The summed E-state index contributed by atoms with van der Waals surface area (Å²) in [5.74, 6) is -0.840. The Hall–Kier alpha value is -2.29. The van der Waals surface area contributed by atoms with Crippen molar-refractivity contribution in [2.45, 2.75) is 52.7 Å². The minimum absolute atomic E-state index is 0.0657. The van der Waals surface area contributed by atoms with Gasteiger partial charge in [0.25, 0.3) is 0 Å². The van der Waals surface area contributed by atoms with Gasteiger partial charge in [0.2, 0.25) is 21.8 Å². The molecule has 2 aromatic carbocycles. The maximum absolute atomic E-state index is 13.5. The Kier molecular flexibility index (Phi) is 9.79. The van der Waals surface area contributed by atoms with Crippen molar-refractivity contribution < 1.29 is 18.0 Å². The first-order valence-electron chi connectivity index (χ1n) is 10.9. The highest BCUT2D eigenvalue weighted by molar-refractivity contribution is 7.92. The number of carbonyl (C=O) groups excluding carboxylic acids is 2. The lowest BCUT2D eigenvalue weighted by Crippen LogP contribution is -2.52. The van der Waals surface area contributed by atoms with Gasteiger partial charge >= 0.3 is 0 Å². The lowest BCUT2D eigenvalue weighted by Gasteiger charge is -2.32. The van der Waals surface area contributed by atoms with Crippen LogP contribution in [0.15, 0.2) is 42.5 Å². The molecule has 186 valence electrons. The molecule has 10 heteroatoms. The number of carbonyl (C=O) groups is 2. The van der Waals surface area contributed by atoms with E-state index in [0.29, 0.717) is 21.3 Å². The zero-order chi connectivity index (χ0) is 25.6. The number of hydrogen-bond donors (Lipinski definition) is 1. The molecular formula is C24H31Cl2N3O4S. The van der Waals surface area contributed by atoms with E-state index in [-0.39, 0.29) is 18.5 Å². The number of nitrogens with zero attached hydrogens (tertiary/aromatic N) is 2. The molecule has 2 unspecified atom stereocenters. The molecule has 0 aliphatic heterocycles. The lowest BCUT2D eigenvalue weighted by molar-refractivity contribution is -0.139. The number of halogens is 2. The van der Waals surface area contributed by atoms with Crippen LogP contribution in [-0.4, -0.2) is 50.0 Å². The van der Waals surface area contributed by atoms with E-state index in [1.54, 1.807) is 50.2 Å². The second-order valence-electron chi connectivity index (χ2n) is 8.34. The Morgan fingerprint density at radius 2 is 1.62 bits per heavy atom. The van der Waals surface area contributed by atoms with Crippen LogP contribution >= 0.6 is 23.2 Å². The first kappa shape index (κ1) is 28.0. The molecule has 2 rings (SSSR count). The predicted octanol–water partition coefficient (Wildman–Crippen LogP) is 4.40. The molecule has 7 nitrogen and oxygen atoms in total. The van der Waals surface area contributed by atoms with Gasteiger partial charge in [-0.15, -0.1) is 0 Å². The topological polar surface area (TPSA) is 86.8 Å². The molecule has 2 amide bonds. The van der Waals surface area contributed by atoms with Crippen molar-refractivity contribution >= 4 is 50.7 Å². The van der Waals surface area contributed by atoms with E-state index in [4.69, 9.17) is 23.2 Å². The molecule has 0 aromatic heterocycles. The van der Waals surface area contributed by atoms with Gasteiger partial charge in [0.1, 0.15) is 12.6 Å². The van der Waals surface area contributed by atoms with Crippen LogP contribution in [0.1, 0.15) is 38.3 Å². The van der Waals surface area contributed by atoms with E-state index < -0.39 is 28.5 Å². The van der Waals surface area contributed by atoms with Crippen molar-refractivity contribution in [3.05, 3.63) is 63.6 Å². The van der Waals surface area contributed by atoms with Gasteiger partial charge in [-0.1, -0.05) is 48.3 Å². The van der Waals surface area contributed by atoms with Crippen LogP contribution in [0.2, 0.25) is 10.0 Å². The third-order valence-electron chi connectivity index (χ3n) is 5.55. The van der Waals surface area contributed by atoms with Gasteiger partial charge in [0, 0.05) is 22.6 Å². The monoisotopic (exact) mass is 527 g/mol. The molecule has 0 aliphatic rings. The SMILES string of the molecule is CCC(C)NC(=O)C(C)N(Cc1ccc(Cl)cc1)C(=O)CN(c1cc(Cl)ccc1C)S(C)(=O)=O. The van der Waals surface area contributed by atoms with E-state index in [1.165, 1.54) is 11.0 Å². The van der Waals surface area contributed by atoms with E-state index in [2.05, 4.69) is 5.32 Å². The van der Waals surface area contributed by atoms with Crippen molar-refractivity contribution in [1.29, 1.82) is 0 Å². The van der Waals surface area contributed by atoms with E-state index in [9.17, 15) is 18.0 Å². The Bertz CT molecular complexity index is 1120. The summed E-state index contributed by atoms with van der Waals surface area (Å²) < 4.78 is 26.3. The van der Waals surface area contributed by atoms with E-state index in [1.807, 2.05) is 13.8 Å². The molecule has 0 heterocycles. The quantitative estimate of drug-likeness (QED) is 0.495. The minimum atomic E-state index is -3.82. The Morgan fingerprint density at radius 1 is 1.03 bits per heavy atom. The van der Waals surface area contributed by atoms with Crippen LogP contribution in [0.25, 0.3) is 0 Å². The van der Waals surface area contributed by atoms with Gasteiger partial charge in [0.05, 0.1) is 11.9 Å². The number of rotatable bonds is 10. The summed E-state index contributed by atoms with van der Waals surface area (Å²) in [5, 5.41) is 3.78. The molecular weight excluding hydrogens is 497 g/mol. The summed E-state index contributed by atoms with van der Waals surface area (Å²) in [6, 6.07) is 10.9. The van der Waals surface area contributed by atoms with Crippen LogP contribution in [0.4, 0.5) is 5.69 Å². The third-order valence-corrected chi connectivity index (χ3v) is 7.17. The van der Waals surface area contributed by atoms with Gasteiger partial charge in [-0.05, 0) is 62.6 Å². The van der Waals surface area contributed by atoms with Gasteiger partial charge in [0.15, 0.2) is 0 Å². The second-order valence-corrected chi connectivity index (χ2v) is 11.1. The lowest BCUT2D eigenvalue weighted by atomic mass is 10.1. The number of benzene rings is 2. The standard InChI is InChI=1S/C24H31Cl2N3O4S/c1-6-17(3)27-24(31)18(4)28(14-19-8-11-20(25)12-9-19)23(30)15-29(34(5,32)33)22-13-21(26)10-7-16(22)2/h7-13,17-18H,6,14-15H2,1-5H3,(H,27,31). The largest absolute Gasteiger partial charge is 0.352 e. The number of amides is 2. The van der Waals surface area contributed by atoms with Crippen LogP contribution in [-0.2, 0) is 26.2 Å². The fraction of sp³-hybridized carbons (Fsp3) is 0.417. The van der Waals surface area contributed by atoms with Crippen LogP contribution in [0, 0.1) is 6.92 Å². The first-order valence-corrected chi connectivity index (χ1v) is 13.5. The summed E-state index contributed by atoms with van der Waals surface area (Å²) in [7, 11) is -3.82. The Morgan fingerprint density at radius 3 is 2.18 bits per heavy atom. The summed E-state index contributed by atoms with van der Waals surface area (Å²) >= 11 is 12.1. The molecule has 0 aliphatic carbocycles. The smallest absolute Gasteiger partial charge is 0.244 e. The molecule has 2 atom stereocenters. The maximum atomic E-state index is 13.5. The maximum Gasteiger partial charge on any atom is 0.244 e. The fourth-order valence-corrected chi connectivity index (χ4v) is 4.47. The van der Waals surface area contributed by atoms with E-state index in [0.717, 1.165) is 22.5 Å². The second kappa shape index (κ2) is 11.9. The normalized spacial score (nSPS) is 13.1. The molecule has 0 bridgehead atoms. The highest BCUT2D eigenvalue weighted by Gasteiger charge is 2.31. The molecule has 0 fully saturated rings. The summed E-state index contributed by atoms with van der Waals surface area (Å²) in [5.41, 5.74) is 1.71. The third kappa shape index (κ3) is 7.61. The zero-order valence-corrected chi connectivity index (χ0v) is 22.3. The number of nitrogens with one attached hydrogen (secondary N) is 1. The van der Waals surface area contributed by atoms with Gasteiger partial charge < -0.3 is 10.2 Å². The van der Waals surface area contributed by atoms with Crippen molar-refractivity contribution in [3.63, 3.8) is 0 Å². The highest BCUT2D eigenvalue weighted by atomic mass is 35.5. The average molecular weight is 529 g/mol. The number of anilines is 1. The molecule has 0 spiro atoms.